The van der Waals surface area contributed by atoms with Crippen molar-refractivity contribution < 1.29 is 19.1 Å². The van der Waals surface area contributed by atoms with Gasteiger partial charge in [0.15, 0.2) is 0 Å². The quantitative estimate of drug-likeness (QED) is 0.507. The molecule has 1 aliphatic carbocycles. The summed E-state index contributed by atoms with van der Waals surface area (Å²) in [5.74, 6) is 0.210. The number of amides is 3. The van der Waals surface area contributed by atoms with E-state index in [1.165, 1.54) is 9.80 Å². The Labute approximate surface area is 226 Å². The van der Waals surface area contributed by atoms with Crippen LogP contribution in [-0.4, -0.2) is 65.3 Å². The number of likely N-dealkylation sites (tertiary alicyclic amines) is 1. The third-order valence-electron chi connectivity index (χ3n) is 8.84. The number of carbonyl (C=O) groups excluding carboxylic acids is 3. The van der Waals surface area contributed by atoms with Crippen molar-refractivity contribution in [1.29, 1.82) is 5.26 Å². The number of methoxy groups -OCH3 is 1. The second kappa shape index (κ2) is 9.45. The zero-order valence-corrected chi connectivity index (χ0v) is 22.1. The van der Waals surface area contributed by atoms with Crippen LogP contribution in [0.25, 0.3) is 10.9 Å². The van der Waals surface area contributed by atoms with Gasteiger partial charge in [-0.25, -0.2) is 0 Å². The Morgan fingerprint density at radius 1 is 1.23 bits per heavy atom. The van der Waals surface area contributed by atoms with Crippen LogP contribution < -0.4 is 10.1 Å². The summed E-state index contributed by atoms with van der Waals surface area (Å²) in [5, 5.41) is 13.8. The molecule has 2 N–H and O–H groups in total. The van der Waals surface area contributed by atoms with Gasteiger partial charge in [0.05, 0.1) is 18.6 Å². The number of rotatable bonds is 6. The van der Waals surface area contributed by atoms with Crippen LogP contribution in [0.1, 0.15) is 48.2 Å². The standard InChI is InChI=1S/C30H31N5O4/c1-34(27(36)24-14-20-22(32-24)11-6-12-26(20)39-2)25(13-18-7-5-8-18)28(37)35-17-30(15-19(35)16-31)21-9-3-4-10-23(21)33-29(30)38/h3-4,6,9-12,14,18-19,25,32H,5,7-8,13,15,17H2,1-2H3,(H,33,38)/t19-,25-,30-/m0/s1. The van der Waals surface area contributed by atoms with Crippen molar-refractivity contribution in [2.75, 3.05) is 26.0 Å². The number of benzene rings is 2. The van der Waals surface area contributed by atoms with Crippen LogP contribution in [0.15, 0.2) is 48.5 Å². The number of nitrogens with one attached hydrogen (secondary N) is 2. The number of hydrogen-bond donors (Lipinski definition) is 2. The van der Waals surface area contributed by atoms with E-state index in [4.69, 9.17) is 4.74 Å². The summed E-state index contributed by atoms with van der Waals surface area (Å²) in [6.07, 6.45) is 3.88. The average molecular weight is 526 g/mol. The van der Waals surface area contributed by atoms with Gasteiger partial charge >= 0.3 is 0 Å². The molecule has 3 atom stereocenters. The minimum atomic E-state index is -0.968. The molecule has 9 heteroatoms. The van der Waals surface area contributed by atoms with Crippen LogP contribution in [0.5, 0.6) is 5.75 Å². The van der Waals surface area contributed by atoms with Gasteiger partial charge in [0.1, 0.15) is 23.5 Å². The lowest BCUT2D eigenvalue weighted by molar-refractivity contribution is -0.137. The van der Waals surface area contributed by atoms with Crippen LogP contribution in [0.3, 0.4) is 0 Å². The molecular formula is C30H31N5O4. The Kier molecular flexibility index (Phi) is 6.06. The van der Waals surface area contributed by atoms with Gasteiger partial charge in [0, 0.05) is 36.6 Å². The molecule has 2 aromatic carbocycles. The molecule has 3 amide bonds. The van der Waals surface area contributed by atoms with Crippen molar-refractivity contribution in [2.24, 2.45) is 5.92 Å². The normalized spacial score (nSPS) is 22.7. The summed E-state index contributed by atoms with van der Waals surface area (Å²) < 4.78 is 5.44. The van der Waals surface area contributed by atoms with Gasteiger partial charge in [-0.2, -0.15) is 5.26 Å². The van der Waals surface area contributed by atoms with E-state index in [0.717, 1.165) is 41.4 Å². The molecule has 3 heterocycles. The van der Waals surface area contributed by atoms with Crippen molar-refractivity contribution >= 4 is 34.3 Å². The van der Waals surface area contributed by atoms with Gasteiger partial charge in [-0.1, -0.05) is 43.5 Å². The van der Waals surface area contributed by atoms with E-state index in [1.807, 2.05) is 42.5 Å². The molecule has 0 radical (unpaired) electrons. The first-order valence-electron chi connectivity index (χ1n) is 13.4. The summed E-state index contributed by atoms with van der Waals surface area (Å²) in [5.41, 5.74) is 1.70. The Balaban J connectivity index is 1.31. The van der Waals surface area contributed by atoms with Crippen molar-refractivity contribution in [1.82, 2.24) is 14.8 Å². The lowest BCUT2D eigenvalue weighted by atomic mass is 9.79. The molecule has 6 rings (SSSR count). The van der Waals surface area contributed by atoms with Gasteiger partial charge in [-0.15, -0.1) is 0 Å². The van der Waals surface area contributed by atoms with Crippen molar-refractivity contribution in [3.63, 3.8) is 0 Å². The fourth-order valence-electron chi connectivity index (χ4n) is 6.40. The zero-order valence-electron chi connectivity index (χ0n) is 22.1. The summed E-state index contributed by atoms with van der Waals surface area (Å²) in [7, 11) is 3.23. The maximum absolute atomic E-state index is 14.2. The highest BCUT2D eigenvalue weighted by Crippen LogP contribution is 2.46. The number of fused-ring (bicyclic) bond motifs is 3. The number of anilines is 1. The minimum absolute atomic E-state index is 0.111. The van der Waals surface area contributed by atoms with Crippen LogP contribution in [-0.2, 0) is 15.0 Å². The predicted octanol–water partition coefficient (Wildman–Crippen LogP) is 3.82. The number of carbonyl (C=O) groups is 3. The predicted molar refractivity (Wildman–Crippen MR) is 145 cm³/mol. The molecule has 9 nitrogen and oxygen atoms in total. The van der Waals surface area contributed by atoms with Crippen molar-refractivity contribution in [3.05, 3.63) is 59.8 Å². The summed E-state index contributed by atoms with van der Waals surface area (Å²) >= 11 is 0. The van der Waals surface area contributed by atoms with E-state index < -0.39 is 17.5 Å². The van der Waals surface area contributed by atoms with Crippen LogP contribution in [0, 0.1) is 17.2 Å². The van der Waals surface area contributed by atoms with Crippen LogP contribution >= 0.6 is 0 Å². The van der Waals surface area contributed by atoms with E-state index in [-0.39, 0.29) is 30.7 Å². The molecule has 1 aromatic heterocycles. The number of para-hydroxylation sites is 1. The van der Waals surface area contributed by atoms with E-state index >= 15 is 0 Å². The number of likely N-dealkylation sites (N-methyl/N-ethyl adjacent to an activating group) is 1. The number of nitriles is 1. The second-order valence-electron chi connectivity index (χ2n) is 11.0. The summed E-state index contributed by atoms with van der Waals surface area (Å²) in [4.78, 5) is 47.4. The number of aromatic nitrogens is 1. The zero-order chi connectivity index (χ0) is 27.3. The fraction of sp³-hybridized carbons (Fsp3) is 0.400. The molecule has 2 fully saturated rings. The van der Waals surface area contributed by atoms with E-state index in [1.54, 1.807) is 20.2 Å². The molecule has 1 saturated heterocycles. The largest absolute Gasteiger partial charge is 0.496 e. The minimum Gasteiger partial charge on any atom is -0.496 e. The fourth-order valence-corrected chi connectivity index (χ4v) is 6.40. The SMILES string of the molecule is COc1cccc2[nH]c(C(=O)N(C)[C@@H](CC3CCC3)C(=O)N3C[C@]4(C[C@H]3C#N)C(=O)Nc3ccccc34)cc12. The summed E-state index contributed by atoms with van der Waals surface area (Å²) in [6.45, 7) is 0.111. The van der Waals surface area contributed by atoms with E-state index in [2.05, 4.69) is 16.4 Å². The second-order valence-corrected chi connectivity index (χ2v) is 11.0. The monoisotopic (exact) mass is 525 g/mol. The molecule has 1 saturated carbocycles. The average Bonchev–Trinajstić information content (AvgIpc) is 3.61. The van der Waals surface area contributed by atoms with E-state index in [0.29, 0.717) is 23.8 Å². The highest BCUT2D eigenvalue weighted by Gasteiger charge is 2.56. The van der Waals surface area contributed by atoms with Gasteiger partial charge in [-0.3, -0.25) is 14.4 Å². The van der Waals surface area contributed by atoms with Gasteiger partial charge in [0.2, 0.25) is 11.8 Å². The Morgan fingerprint density at radius 2 is 2.03 bits per heavy atom. The number of H-pyrrole nitrogens is 1. The Hall–Kier alpha value is -4.32. The molecule has 200 valence electrons. The van der Waals surface area contributed by atoms with Gasteiger partial charge in [0.25, 0.3) is 5.91 Å². The maximum atomic E-state index is 14.2. The first-order valence-corrected chi connectivity index (χ1v) is 13.4. The third kappa shape index (κ3) is 3.94. The van der Waals surface area contributed by atoms with Crippen molar-refractivity contribution in [2.45, 2.75) is 49.6 Å². The molecule has 1 spiro atoms. The van der Waals surface area contributed by atoms with Crippen molar-refractivity contribution in [3.8, 4) is 11.8 Å². The number of ether oxygens (including phenoxy) is 1. The molecule has 3 aliphatic rings. The molecule has 39 heavy (non-hydrogen) atoms. The third-order valence-corrected chi connectivity index (χ3v) is 8.84. The maximum Gasteiger partial charge on any atom is 0.270 e. The summed E-state index contributed by atoms with van der Waals surface area (Å²) in [6, 6.07) is 15.5. The van der Waals surface area contributed by atoms with E-state index in [9.17, 15) is 19.6 Å². The molecule has 2 aliphatic heterocycles. The van der Waals surface area contributed by atoms with Crippen LogP contribution in [0.4, 0.5) is 5.69 Å². The first-order chi connectivity index (χ1) is 18.9. The van der Waals surface area contributed by atoms with Gasteiger partial charge in [-0.05, 0) is 42.2 Å². The number of nitrogens with zero attached hydrogens (tertiary/aromatic N) is 3. The topological polar surface area (TPSA) is 119 Å². The lowest BCUT2D eigenvalue weighted by Gasteiger charge is -2.36. The molecular weight excluding hydrogens is 494 g/mol. The highest BCUT2D eigenvalue weighted by molar-refractivity contribution is 6.07. The van der Waals surface area contributed by atoms with Gasteiger partial charge < -0.3 is 24.8 Å². The molecule has 0 bridgehead atoms. The van der Waals surface area contributed by atoms with Crippen LogP contribution in [0.2, 0.25) is 0 Å². The first kappa shape index (κ1) is 25.0. The lowest BCUT2D eigenvalue weighted by Crippen LogP contribution is -2.52. The Bertz CT molecular complexity index is 1520. The highest BCUT2D eigenvalue weighted by atomic mass is 16.5. The Morgan fingerprint density at radius 3 is 2.74 bits per heavy atom. The smallest absolute Gasteiger partial charge is 0.270 e. The number of hydrogen-bond acceptors (Lipinski definition) is 5. The molecule has 3 aromatic rings. The number of aromatic amines is 1. The molecule has 0 unspecified atom stereocenters.